The van der Waals surface area contributed by atoms with Gasteiger partial charge < -0.3 is 44.3 Å². The van der Waals surface area contributed by atoms with Crippen molar-refractivity contribution in [3.63, 3.8) is 0 Å². The molecule has 328 valence electrons. The average molecular weight is 818 g/mol. The molecule has 4 rings (SSSR count). The predicted octanol–water partition coefficient (Wildman–Crippen LogP) is 4.62. The number of piperidine rings is 1. The molecule has 4 aliphatic rings. The molecule has 58 heavy (non-hydrogen) atoms. The lowest BCUT2D eigenvalue weighted by Gasteiger charge is -2.45. The highest BCUT2D eigenvalue weighted by Gasteiger charge is 2.55. The van der Waals surface area contributed by atoms with Gasteiger partial charge in [-0.1, -0.05) is 45.9 Å². The minimum atomic E-state index is -2.47. The standard InChI is InChI=1S/C45H71NO12/c1-9-12-32-18-26(2)17-27(3)19-34(55-7)23-40-39(56-8)21-29(5)45(54,58-40)42(51)43(52)46-16-11-10-13-35(46)44(53)57-41(30(6)37(49)24-38(32)50)28(4)20-31-14-15-36(48)33(22-31)25-47/h9,18,20,26-27,29-31,33-37,39-41,47-49,54H,1,10-17,19,21-25H2,2-8H3/b28-20?,32-18+/t26?,27-,29+,30+,31-,33-,34-,35-,36+,37-,39-,40?,41+,45+/m0/s1. The van der Waals surface area contributed by atoms with Crippen molar-refractivity contribution >= 4 is 23.4 Å². The normalized spacial score (nSPS) is 40.7. The summed E-state index contributed by atoms with van der Waals surface area (Å²) in [7, 11) is 3.14. The minimum Gasteiger partial charge on any atom is -0.456 e. The van der Waals surface area contributed by atoms with Crippen LogP contribution in [0.3, 0.4) is 0 Å². The van der Waals surface area contributed by atoms with Gasteiger partial charge in [-0.3, -0.25) is 14.4 Å². The molecule has 1 aliphatic carbocycles. The molecule has 3 fully saturated rings. The van der Waals surface area contributed by atoms with E-state index >= 15 is 0 Å². The second kappa shape index (κ2) is 21.7. The van der Waals surface area contributed by atoms with E-state index in [1.54, 1.807) is 41.1 Å². The summed E-state index contributed by atoms with van der Waals surface area (Å²) >= 11 is 0. The van der Waals surface area contributed by atoms with Crippen molar-refractivity contribution in [2.75, 3.05) is 27.4 Å². The van der Waals surface area contributed by atoms with Crippen molar-refractivity contribution in [1.82, 2.24) is 4.90 Å². The first kappa shape index (κ1) is 47.9. The fraction of sp³-hybridized carbons (Fsp3) is 0.778. The lowest BCUT2D eigenvalue weighted by atomic mass is 9.78. The first-order valence-electron chi connectivity index (χ1n) is 21.5. The molecule has 2 unspecified atom stereocenters. The van der Waals surface area contributed by atoms with Gasteiger partial charge in [0.15, 0.2) is 5.78 Å². The van der Waals surface area contributed by atoms with Gasteiger partial charge in [0, 0.05) is 58.0 Å². The maximum atomic E-state index is 14.3. The number of Topliss-reactive ketones (excluding diaryl/α,β-unsaturated/α-hetero) is 2. The zero-order chi connectivity index (χ0) is 42.9. The number of allylic oxidation sites excluding steroid dienone is 4. The Morgan fingerprint density at radius 1 is 0.966 bits per heavy atom. The smallest absolute Gasteiger partial charge is 0.329 e. The first-order chi connectivity index (χ1) is 27.5. The highest BCUT2D eigenvalue weighted by atomic mass is 16.7. The summed E-state index contributed by atoms with van der Waals surface area (Å²) in [4.78, 5) is 57.7. The molecule has 2 saturated heterocycles. The molecule has 3 aliphatic heterocycles. The van der Waals surface area contributed by atoms with Gasteiger partial charge in [0.05, 0.1) is 30.5 Å². The van der Waals surface area contributed by atoms with Crippen molar-refractivity contribution in [2.45, 2.75) is 160 Å². The Morgan fingerprint density at radius 3 is 2.34 bits per heavy atom. The Morgan fingerprint density at radius 2 is 1.69 bits per heavy atom. The lowest BCUT2D eigenvalue weighted by molar-refractivity contribution is -0.289. The summed E-state index contributed by atoms with van der Waals surface area (Å²) < 4.78 is 24.1. The Labute approximate surface area is 345 Å². The Balaban J connectivity index is 1.76. The number of hydrogen-bond donors (Lipinski definition) is 4. The number of carbonyl (C=O) groups is 4. The first-order valence-corrected chi connectivity index (χ1v) is 21.5. The molecule has 0 aromatic heterocycles. The molecule has 0 aromatic carbocycles. The number of esters is 1. The topological polar surface area (TPSA) is 189 Å². The van der Waals surface area contributed by atoms with Gasteiger partial charge in [0.2, 0.25) is 5.79 Å². The minimum absolute atomic E-state index is 0.0138. The molecule has 3 heterocycles. The number of cyclic esters (lactones) is 1. The monoisotopic (exact) mass is 817 g/mol. The summed E-state index contributed by atoms with van der Waals surface area (Å²) in [5.41, 5.74) is 1.16. The molecule has 0 spiro atoms. The molecule has 14 atom stereocenters. The van der Waals surface area contributed by atoms with Crippen molar-refractivity contribution in [1.29, 1.82) is 0 Å². The highest BCUT2D eigenvalue weighted by Crippen LogP contribution is 2.39. The lowest BCUT2D eigenvalue weighted by Crippen LogP contribution is -2.63. The maximum Gasteiger partial charge on any atom is 0.329 e. The molecule has 2 bridgehead atoms. The maximum absolute atomic E-state index is 14.3. The van der Waals surface area contributed by atoms with Crippen LogP contribution in [-0.2, 0) is 38.1 Å². The van der Waals surface area contributed by atoms with Crippen LogP contribution in [0.1, 0.15) is 112 Å². The molecule has 0 radical (unpaired) electrons. The van der Waals surface area contributed by atoms with Gasteiger partial charge in [-0.25, -0.2) is 4.79 Å². The summed E-state index contributed by atoms with van der Waals surface area (Å²) in [5, 5.41) is 44.0. The number of ketones is 2. The fourth-order valence-corrected chi connectivity index (χ4v) is 9.71. The molecule has 1 saturated carbocycles. The molecular weight excluding hydrogens is 746 g/mol. The molecule has 0 aromatic rings. The van der Waals surface area contributed by atoms with E-state index < -0.39 is 71.8 Å². The number of rotatable bonds is 7. The van der Waals surface area contributed by atoms with Crippen LogP contribution in [-0.4, -0.2) is 125 Å². The molecular formula is C45H71NO12. The van der Waals surface area contributed by atoms with E-state index in [2.05, 4.69) is 13.5 Å². The third-order valence-electron chi connectivity index (χ3n) is 13.2. The van der Waals surface area contributed by atoms with Crippen molar-refractivity contribution < 1.29 is 58.6 Å². The van der Waals surface area contributed by atoms with Gasteiger partial charge >= 0.3 is 5.97 Å². The second-order valence-electron chi connectivity index (χ2n) is 17.8. The summed E-state index contributed by atoms with van der Waals surface area (Å²) in [6.07, 6.45) is 6.04. The number of methoxy groups -OCH3 is 2. The van der Waals surface area contributed by atoms with Gasteiger partial charge in [0.25, 0.3) is 11.7 Å². The van der Waals surface area contributed by atoms with Crippen LogP contribution in [0.5, 0.6) is 0 Å². The number of ether oxygens (including phenoxy) is 4. The van der Waals surface area contributed by atoms with Crippen molar-refractivity contribution in [2.24, 2.45) is 35.5 Å². The summed E-state index contributed by atoms with van der Waals surface area (Å²) in [5.74, 6) is -7.49. The number of amides is 1. The van der Waals surface area contributed by atoms with E-state index in [0.717, 1.165) is 0 Å². The van der Waals surface area contributed by atoms with Crippen molar-refractivity contribution in [3.05, 3.63) is 36.0 Å². The van der Waals surface area contributed by atoms with Crippen LogP contribution < -0.4 is 0 Å². The van der Waals surface area contributed by atoms with Crippen molar-refractivity contribution in [3.8, 4) is 0 Å². The summed E-state index contributed by atoms with van der Waals surface area (Å²) in [6.45, 7) is 13.1. The summed E-state index contributed by atoms with van der Waals surface area (Å²) in [6, 6.07) is -1.15. The third kappa shape index (κ3) is 11.7. The Hall–Kier alpha value is -2.78. The fourth-order valence-electron chi connectivity index (χ4n) is 9.71. The molecule has 13 heteroatoms. The number of nitrogens with zero attached hydrogens (tertiary/aromatic N) is 1. The third-order valence-corrected chi connectivity index (χ3v) is 13.2. The Kier molecular flexibility index (Phi) is 17.9. The average Bonchev–Trinajstić information content (AvgIpc) is 3.19. The number of hydrogen-bond acceptors (Lipinski definition) is 12. The molecule has 4 N–H and O–H groups in total. The van der Waals surface area contributed by atoms with Crippen LogP contribution in [0, 0.1) is 35.5 Å². The van der Waals surface area contributed by atoms with Crippen LogP contribution in [0.4, 0.5) is 0 Å². The molecule has 13 nitrogen and oxygen atoms in total. The number of aliphatic hydroxyl groups excluding tert-OH is 3. The zero-order valence-electron chi connectivity index (χ0n) is 35.8. The zero-order valence-corrected chi connectivity index (χ0v) is 35.8. The number of aliphatic hydroxyl groups is 4. The predicted molar refractivity (Wildman–Crippen MR) is 217 cm³/mol. The van der Waals surface area contributed by atoms with E-state index in [9.17, 15) is 39.6 Å². The van der Waals surface area contributed by atoms with Crippen LogP contribution >= 0.6 is 0 Å². The van der Waals surface area contributed by atoms with Gasteiger partial charge in [0.1, 0.15) is 12.1 Å². The SMILES string of the molecule is C=CC/C1=C\C(C)C[C@H](C)C[C@H](OC)CC2O[C@@](O)(C(=O)C(=O)N3CCCC[C@H]3C(=O)O[C@H](C(C)=C[C@@H]3CC[C@@H](O)[C@H](CO)C3)[C@H](C)[C@@H](O)CC1=O)[C@H](C)C[C@@H]2OC. The highest BCUT2D eigenvalue weighted by molar-refractivity contribution is 6.39. The van der Waals surface area contributed by atoms with Crippen LogP contribution in [0.2, 0.25) is 0 Å². The van der Waals surface area contributed by atoms with E-state index in [1.807, 2.05) is 19.1 Å². The van der Waals surface area contributed by atoms with E-state index in [1.165, 1.54) is 4.90 Å². The van der Waals surface area contributed by atoms with Gasteiger partial charge in [-0.15, -0.1) is 6.58 Å². The largest absolute Gasteiger partial charge is 0.456 e. The van der Waals surface area contributed by atoms with E-state index in [4.69, 9.17) is 18.9 Å². The Bertz CT molecular complexity index is 1500. The molecule has 1 amide bonds. The van der Waals surface area contributed by atoms with Crippen LogP contribution in [0.15, 0.2) is 36.0 Å². The van der Waals surface area contributed by atoms with Gasteiger partial charge in [-0.2, -0.15) is 0 Å². The van der Waals surface area contributed by atoms with Crippen LogP contribution in [0.25, 0.3) is 0 Å². The number of carbonyl (C=O) groups excluding carboxylic acids is 4. The van der Waals surface area contributed by atoms with E-state index in [0.29, 0.717) is 62.5 Å². The second-order valence-corrected chi connectivity index (χ2v) is 17.8. The van der Waals surface area contributed by atoms with E-state index in [-0.39, 0.29) is 74.4 Å². The number of fused-ring (bicyclic) bond motifs is 3. The quantitative estimate of drug-likeness (QED) is 0.159. The van der Waals surface area contributed by atoms with Gasteiger partial charge in [-0.05, 0) is 100 Å².